The van der Waals surface area contributed by atoms with Gasteiger partial charge in [0.05, 0.1) is 18.9 Å². The molecule has 0 spiro atoms. The van der Waals surface area contributed by atoms with Gasteiger partial charge in [-0.3, -0.25) is 0 Å². The molecular formula is C20H26BrN7O. The average molecular weight is 460 g/mol. The van der Waals surface area contributed by atoms with Crippen LogP contribution in [0.15, 0.2) is 33.8 Å². The molecule has 4 rings (SSSR count). The lowest BCUT2D eigenvalue weighted by molar-refractivity contribution is 0.122. The average Bonchev–Trinajstić information content (AvgIpc) is 2.79. The van der Waals surface area contributed by atoms with E-state index in [9.17, 15) is 0 Å². The van der Waals surface area contributed by atoms with Crippen LogP contribution in [-0.4, -0.2) is 60.1 Å². The van der Waals surface area contributed by atoms with E-state index in [-0.39, 0.29) is 0 Å². The molecule has 0 amide bonds. The van der Waals surface area contributed by atoms with E-state index in [4.69, 9.17) is 9.72 Å². The van der Waals surface area contributed by atoms with Crippen molar-refractivity contribution in [1.82, 2.24) is 15.0 Å². The summed E-state index contributed by atoms with van der Waals surface area (Å²) in [6, 6.07) is 8.05. The second-order valence-corrected chi connectivity index (χ2v) is 8.14. The first kappa shape index (κ1) is 20.0. The zero-order valence-corrected chi connectivity index (χ0v) is 18.2. The Morgan fingerprint density at radius 3 is 2.21 bits per heavy atom. The molecule has 2 fully saturated rings. The molecule has 1 aromatic carbocycles. The second-order valence-electron chi connectivity index (χ2n) is 7.22. The Morgan fingerprint density at radius 1 is 0.931 bits per heavy atom. The third-order valence-electron chi connectivity index (χ3n) is 5.13. The van der Waals surface area contributed by atoms with Gasteiger partial charge in [0.25, 0.3) is 0 Å². The van der Waals surface area contributed by atoms with Crippen LogP contribution >= 0.6 is 15.9 Å². The summed E-state index contributed by atoms with van der Waals surface area (Å²) in [4.78, 5) is 18.4. The van der Waals surface area contributed by atoms with Gasteiger partial charge in [-0.05, 0) is 43.9 Å². The maximum absolute atomic E-state index is 5.47. The molecule has 2 aliphatic heterocycles. The van der Waals surface area contributed by atoms with Crippen LogP contribution in [0, 0.1) is 0 Å². The van der Waals surface area contributed by atoms with Crippen LogP contribution in [0.3, 0.4) is 0 Å². The van der Waals surface area contributed by atoms with Crippen molar-refractivity contribution < 1.29 is 4.74 Å². The van der Waals surface area contributed by atoms with E-state index in [2.05, 4.69) is 46.2 Å². The summed E-state index contributed by atoms with van der Waals surface area (Å²) in [5, 5.41) is 4.50. The molecule has 0 unspecified atom stereocenters. The number of nitrogens with one attached hydrogen (secondary N) is 1. The van der Waals surface area contributed by atoms with Gasteiger partial charge in [0.15, 0.2) is 0 Å². The number of nitrogens with zero attached hydrogens (tertiary/aromatic N) is 6. The Kier molecular flexibility index (Phi) is 6.56. The first-order valence-electron chi connectivity index (χ1n) is 10.1. The van der Waals surface area contributed by atoms with E-state index >= 15 is 0 Å². The van der Waals surface area contributed by atoms with E-state index in [0.717, 1.165) is 47.9 Å². The summed E-state index contributed by atoms with van der Waals surface area (Å²) < 4.78 is 6.51. The molecule has 2 aromatic rings. The molecule has 8 nitrogen and oxygen atoms in total. The zero-order chi connectivity index (χ0) is 20.1. The molecule has 2 saturated heterocycles. The second kappa shape index (κ2) is 9.49. The molecule has 1 aromatic heterocycles. The van der Waals surface area contributed by atoms with Gasteiger partial charge in [0, 0.05) is 30.7 Å². The normalized spacial score (nSPS) is 18.1. The minimum absolute atomic E-state index is 0.471. The van der Waals surface area contributed by atoms with Crippen LogP contribution in [0.5, 0.6) is 0 Å². The van der Waals surface area contributed by atoms with Crippen molar-refractivity contribution in [2.24, 2.45) is 5.10 Å². The Morgan fingerprint density at radius 2 is 1.55 bits per heavy atom. The zero-order valence-electron chi connectivity index (χ0n) is 16.6. The molecular weight excluding hydrogens is 434 g/mol. The molecule has 0 atom stereocenters. The summed E-state index contributed by atoms with van der Waals surface area (Å²) in [6.07, 6.45) is 3.60. The molecule has 9 heteroatoms. The van der Waals surface area contributed by atoms with E-state index in [1.807, 2.05) is 31.2 Å². The highest BCUT2D eigenvalue weighted by Crippen LogP contribution is 2.21. The summed E-state index contributed by atoms with van der Waals surface area (Å²) in [7, 11) is 0. The lowest BCUT2D eigenvalue weighted by atomic mass is 10.1. The molecule has 0 radical (unpaired) electrons. The highest BCUT2D eigenvalue weighted by molar-refractivity contribution is 9.10. The van der Waals surface area contributed by atoms with Gasteiger partial charge in [-0.1, -0.05) is 28.1 Å². The largest absolute Gasteiger partial charge is 0.378 e. The van der Waals surface area contributed by atoms with Crippen molar-refractivity contribution in [2.45, 2.75) is 26.2 Å². The number of ether oxygens (including phenoxy) is 1. The molecule has 0 bridgehead atoms. The fourth-order valence-electron chi connectivity index (χ4n) is 3.43. The van der Waals surface area contributed by atoms with Crippen molar-refractivity contribution in [3.63, 3.8) is 0 Å². The van der Waals surface area contributed by atoms with Crippen LogP contribution in [0.1, 0.15) is 31.7 Å². The van der Waals surface area contributed by atoms with Gasteiger partial charge in [-0.15, -0.1) is 0 Å². The standard InChI is InChI=1S/C20H26BrN7O/c1-15(16-5-7-17(21)8-6-16)25-26-18-22-19(27-9-3-2-4-10-27)24-20(23-18)28-11-13-29-14-12-28/h5-8H,2-4,9-14H2,1H3,(H,22,23,24,26)/b25-15-. The smallest absolute Gasteiger partial charge is 0.250 e. The number of hydrazone groups is 1. The van der Waals surface area contributed by atoms with Gasteiger partial charge in [-0.25, -0.2) is 5.43 Å². The van der Waals surface area contributed by atoms with Crippen molar-refractivity contribution >= 4 is 39.5 Å². The lowest BCUT2D eigenvalue weighted by Gasteiger charge is -2.30. The van der Waals surface area contributed by atoms with E-state index in [1.165, 1.54) is 19.3 Å². The summed E-state index contributed by atoms with van der Waals surface area (Å²) in [6.45, 7) is 6.86. The summed E-state index contributed by atoms with van der Waals surface area (Å²) in [5.41, 5.74) is 4.95. The van der Waals surface area contributed by atoms with Crippen LogP contribution in [0.4, 0.5) is 17.8 Å². The highest BCUT2D eigenvalue weighted by Gasteiger charge is 2.20. The van der Waals surface area contributed by atoms with Crippen LogP contribution in [-0.2, 0) is 4.74 Å². The summed E-state index contributed by atoms with van der Waals surface area (Å²) in [5.74, 6) is 1.88. The summed E-state index contributed by atoms with van der Waals surface area (Å²) >= 11 is 3.46. The van der Waals surface area contributed by atoms with Crippen molar-refractivity contribution in [3.05, 3.63) is 34.3 Å². The number of aromatic nitrogens is 3. The van der Waals surface area contributed by atoms with Crippen molar-refractivity contribution in [3.8, 4) is 0 Å². The maximum Gasteiger partial charge on any atom is 0.250 e. The SMILES string of the molecule is C/C(=N/Nc1nc(N2CCCCC2)nc(N2CCOCC2)n1)c1ccc(Br)cc1. The van der Waals surface area contributed by atoms with Crippen molar-refractivity contribution in [1.29, 1.82) is 0 Å². The van der Waals surface area contributed by atoms with Gasteiger partial charge >= 0.3 is 0 Å². The van der Waals surface area contributed by atoms with Gasteiger partial charge < -0.3 is 14.5 Å². The third-order valence-corrected chi connectivity index (χ3v) is 5.66. The van der Waals surface area contributed by atoms with Gasteiger partial charge in [0.2, 0.25) is 17.8 Å². The number of hydrogen-bond acceptors (Lipinski definition) is 8. The Balaban J connectivity index is 1.58. The first-order valence-corrected chi connectivity index (χ1v) is 10.9. The fourth-order valence-corrected chi connectivity index (χ4v) is 3.70. The van der Waals surface area contributed by atoms with E-state index in [0.29, 0.717) is 25.1 Å². The first-order chi connectivity index (χ1) is 14.2. The number of morpholine rings is 1. The predicted molar refractivity (Wildman–Crippen MR) is 119 cm³/mol. The van der Waals surface area contributed by atoms with E-state index < -0.39 is 0 Å². The minimum atomic E-state index is 0.471. The number of rotatable bonds is 5. The number of benzene rings is 1. The maximum atomic E-state index is 5.47. The quantitative estimate of drug-likeness (QED) is 0.542. The van der Waals surface area contributed by atoms with Crippen molar-refractivity contribution in [2.75, 3.05) is 54.6 Å². The number of anilines is 3. The minimum Gasteiger partial charge on any atom is -0.378 e. The molecule has 0 aliphatic carbocycles. The monoisotopic (exact) mass is 459 g/mol. The lowest BCUT2D eigenvalue weighted by Crippen LogP contribution is -2.38. The molecule has 2 aliphatic rings. The molecule has 154 valence electrons. The Labute approximate surface area is 179 Å². The number of halogens is 1. The van der Waals surface area contributed by atoms with Gasteiger partial charge in [0.1, 0.15) is 0 Å². The topological polar surface area (TPSA) is 78.8 Å². The third kappa shape index (κ3) is 5.22. The predicted octanol–water partition coefficient (Wildman–Crippen LogP) is 3.30. The van der Waals surface area contributed by atoms with E-state index in [1.54, 1.807) is 0 Å². The molecule has 3 heterocycles. The molecule has 0 saturated carbocycles. The van der Waals surface area contributed by atoms with Crippen LogP contribution in [0.2, 0.25) is 0 Å². The Bertz CT molecular complexity index is 810. The van der Waals surface area contributed by atoms with Crippen LogP contribution < -0.4 is 15.2 Å². The van der Waals surface area contributed by atoms with Crippen LogP contribution in [0.25, 0.3) is 0 Å². The fraction of sp³-hybridized carbons (Fsp3) is 0.500. The number of piperidine rings is 1. The highest BCUT2D eigenvalue weighted by atomic mass is 79.9. The molecule has 1 N–H and O–H groups in total. The number of hydrogen-bond donors (Lipinski definition) is 1. The molecule has 29 heavy (non-hydrogen) atoms. The van der Waals surface area contributed by atoms with Gasteiger partial charge in [-0.2, -0.15) is 20.1 Å². The Hall–Kier alpha value is -2.26.